The van der Waals surface area contributed by atoms with Crippen molar-refractivity contribution in [2.45, 2.75) is 12.3 Å². The molecule has 0 aromatic carbocycles. The van der Waals surface area contributed by atoms with E-state index in [9.17, 15) is 9.59 Å². The van der Waals surface area contributed by atoms with Gasteiger partial charge in [-0.1, -0.05) is 0 Å². The lowest BCUT2D eigenvalue weighted by atomic mass is 9.84. The van der Waals surface area contributed by atoms with Crippen LogP contribution in [0.1, 0.15) is 18.1 Å². The van der Waals surface area contributed by atoms with Crippen molar-refractivity contribution in [2.24, 2.45) is 5.92 Å². The highest BCUT2D eigenvalue weighted by atomic mass is 16.3. The number of carbonyl (C=O) groups is 2. The highest BCUT2D eigenvalue weighted by Crippen LogP contribution is 2.31. The first-order valence-electron chi connectivity index (χ1n) is 4.49. The quantitative estimate of drug-likeness (QED) is 0.677. The molecule has 76 valence electrons. The van der Waals surface area contributed by atoms with Crippen LogP contribution >= 0.6 is 0 Å². The van der Waals surface area contributed by atoms with Crippen LogP contribution in [0.5, 0.6) is 0 Å². The van der Waals surface area contributed by atoms with Crippen LogP contribution in [0.15, 0.2) is 22.8 Å². The number of amides is 2. The van der Waals surface area contributed by atoms with Crippen LogP contribution in [-0.4, -0.2) is 11.8 Å². The lowest BCUT2D eigenvalue weighted by Crippen LogP contribution is -2.44. The Kier molecular flexibility index (Phi) is 2.26. The number of carbonyl (C=O) groups excluding carboxylic acids is 2. The number of furan rings is 1. The molecule has 2 unspecified atom stereocenters. The summed E-state index contributed by atoms with van der Waals surface area (Å²) < 4.78 is 5.12. The average Bonchev–Trinajstić information content (AvgIpc) is 2.69. The number of piperidine rings is 1. The second kappa shape index (κ2) is 3.58. The number of imide groups is 1. The minimum absolute atomic E-state index is 0.109. The predicted molar refractivity (Wildman–Crippen MR) is 48.3 cm³/mol. The number of hydrogen-bond donors (Lipinski definition) is 1. The van der Waals surface area contributed by atoms with Crippen molar-refractivity contribution in [1.29, 1.82) is 5.26 Å². The highest BCUT2D eigenvalue weighted by molar-refractivity contribution is 6.00. The molecule has 1 fully saturated rings. The lowest BCUT2D eigenvalue weighted by Gasteiger charge is -2.23. The first-order valence-corrected chi connectivity index (χ1v) is 4.49. The topological polar surface area (TPSA) is 83.1 Å². The van der Waals surface area contributed by atoms with Crippen molar-refractivity contribution >= 4 is 11.8 Å². The largest absolute Gasteiger partial charge is 0.469 e. The van der Waals surface area contributed by atoms with Crippen molar-refractivity contribution in [3.05, 3.63) is 24.2 Å². The molecule has 2 rings (SSSR count). The summed E-state index contributed by atoms with van der Waals surface area (Å²) in [5.74, 6) is -1.73. The fourth-order valence-corrected chi connectivity index (χ4v) is 1.68. The van der Waals surface area contributed by atoms with Crippen LogP contribution in [0, 0.1) is 17.2 Å². The van der Waals surface area contributed by atoms with Crippen LogP contribution in [0.2, 0.25) is 0 Å². The zero-order valence-electron chi connectivity index (χ0n) is 7.77. The van der Waals surface area contributed by atoms with Gasteiger partial charge < -0.3 is 4.42 Å². The van der Waals surface area contributed by atoms with E-state index in [4.69, 9.17) is 9.68 Å². The van der Waals surface area contributed by atoms with Crippen molar-refractivity contribution in [3.8, 4) is 6.07 Å². The third-order valence-corrected chi connectivity index (χ3v) is 2.40. The van der Waals surface area contributed by atoms with Crippen LogP contribution in [0.3, 0.4) is 0 Å². The van der Waals surface area contributed by atoms with E-state index >= 15 is 0 Å². The molecule has 1 N–H and O–H groups in total. The summed E-state index contributed by atoms with van der Waals surface area (Å²) in [4.78, 5) is 22.5. The number of nitrogens with one attached hydrogen (secondary N) is 1. The van der Waals surface area contributed by atoms with Crippen LogP contribution in [-0.2, 0) is 9.59 Å². The molecule has 1 aromatic heterocycles. The molecule has 1 aliphatic rings. The van der Waals surface area contributed by atoms with Crippen molar-refractivity contribution < 1.29 is 14.0 Å². The molecule has 0 aliphatic carbocycles. The Hall–Kier alpha value is -2.09. The van der Waals surface area contributed by atoms with Crippen LogP contribution in [0.25, 0.3) is 0 Å². The van der Waals surface area contributed by atoms with Gasteiger partial charge in [-0.3, -0.25) is 14.9 Å². The Morgan fingerprint density at radius 3 is 2.93 bits per heavy atom. The fourth-order valence-electron chi connectivity index (χ4n) is 1.68. The van der Waals surface area contributed by atoms with Gasteiger partial charge in [0.2, 0.25) is 11.8 Å². The van der Waals surface area contributed by atoms with Gasteiger partial charge >= 0.3 is 0 Å². The molecule has 0 bridgehead atoms. The minimum atomic E-state index is -0.853. The van der Waals surface area contributed by atoms with Gasteiger partial charge in [0.15, 0.2) is 0 Å². The molecule has 1 aromatic rings. The Morgan fingerprint density at radius 1 is 1.53 bits per heavy atom. The Balaban J connectivity index is 2.32. The maximum atomic E-state index is 11.3. The fraction of sp³-hybridized carbons (Fsp3) is 0.300. The third kappa shape index (κ3) is 1.62. The maximum Gasteiger partial charge on any atom is 0.244 e. The smallest absolute Gasteiger partial charge is 0.244 e. The standard InChI is InChI=1S/C10H8N2O3/c11-5-7-6(8-2-1-3-15-8)4-9(13)12-10(7)14/h1-3,6-7H,4H2,(H,12,13,14). The second-order valence-corrected chi connectivity index (χ2v) is 3.35. The normalized spacial score (nSPS) is 25.8. The van der Waals surface area contributed by atoms with E-state index in [-0.39, 0.29) is 12.3 Å². The maximum absolute atomic E-state index is 11.3. The molecule has 0 saturated carbocycles. The molecule has 1 saturated heterocycles. The van der Waals surface area contributed by atoms with E-state index in [1.54, 1.807) is 12.1 Å². The Morgan fingerprint density at radius 2 is 2.33 bits per heavy atom. The summed E-state index contributed by atoms with van der Waals surface area (Å²) in [6.45, 7) is 0. The molecule has 5 heteroatoms. The molecule has 0 spiro atoms. The van der Waals surface area contributed by atoms with Gasteiger partial charge in [-0.05, 0) is 12.1 Å². The van der Waals surface area contributed by atoms with Crippen LogP contribution in [0.4, 0.5) is 0 Å². The predicted octanol–water partition coefficient (Wildman–Crippen LogP) is 0.549. The van der Waals surface area contributed by atoms with E-state index in [0.717, 1.165) is 0 Å². The van der Waals surface area contributed by atoms with E-state index in [0.29, 0.717) is 5.76 Å². The molecule has 0 radical (unpaired) electrons. The van der Waals surface area contributed by atoms with Crippen LogP contribution < -0.4 is 5.32 Å². The van der Waals surface area contributed by atoms with E-state index in [2.05, 4.69) is 5.32 Å². The first-order chi connectivity index (χ1) is 7.22. The number of nitriles is 1. The SMILES string of the molecule is N#CC1C(=O)NC(=O)CC1c1ccco1. The van der Waals surface area contributed by atoms with E-state index in [1.807, 2.05) is 6.07 Å². The molecule has 1 aliphatic heterocycles. The van der Waals surface area contributed by atoms with E-state index in [1.165, 1.54) is 6.26 Å². The summed E-state index contributed by atoms with van der Waals surface area (Å²) in [6, 6.07) is 5.22. The van der Waals surface area contributed by atoms with Gasteiger partial charge in [0.05, 0.1) is 18.3 Å². The molecule has 2 heterocycles. The Bertz CT molecular complexity index is 430. The number of rotatable bonds is 1. The van der Waals surface area contributed by atoms with Crippen molar-refractivity contribution in [3.63, 3.8) is 0 Å². The number of nitrogens with zero attached hydrogens (tertiary/aromatic N) is 1. The van der Waals surface area contributed by atoms with E-state index < -0.39 is 17.7 Å². The molecule has 15 heavy (non-hydrogen) atoms. The van der Waals surface area contributed by atoms with Crippen molar-refractivity contribution in [1.82, 2.24) is 5.32 Å². The molecule has 2 atom stereocenters. The summed E-state index contributed by atoms with van der Waals surface area (Å²) in [5, 5.41) is 11.0. The highest BCUT2D eigenvalue weighted by Gasteiger charge is 2.38. The zero-order valence-corrected chi connectivity index (χ0v) is 7.77. The molecule has 5 nitrogen and oxygen atoms in total. The molecular formula is C10H8N2O3. The van der Waals surface area contributed by atoms with Gasteiger partial charge in [-0.25, -0.2) is 0 Å². The molecule has 2 amide bonds. The summed E-state index contributed by atoms with van der Waals surface area (Å²) in [6.07, 6.45) is 1.57. The van der Waals surface area contributed by atoms with Gasteiger partial charge in [0.25, 0.3) is 0 Å². The third-order valence-electron chi connectivity index (χ3n) is 2.40. The van der Waals surface area contributed by atoms with Crippen molar-refractivity contribution in [2.75, 3.05) is 0 Å². The Labute approximate surface area is 85.7 Å². The van der Waals surface area contributed by atoms with Gasteiger partial charge in [0, 0.05) is 6.42 Å². The number of hydrogen-bond acceptors (Lipinski definition) is 4. The monoisotopic (exact) mass is 204 g/mol. The van der Waals surface area contributed by atoms with Gasteiger partial charge in [-0.2, -0.15) is 5.26 Å². The summed E-state index contributed by atoms with van der Waals surface area (Å²) >= 11 is 0. The first kappa shape index (κ1) is 9.46. The summed E-state index contributed by atoms with van der Waals surface area (Å²) in [7, 11) is 0. The zero-order chi connectivity index (χ0) is 10.8. The second-order valence-electron chi connectivity index (χ2n) is 3.35. The van der Waals surface area contributed by atoms with Gasteiger partial charge in [0.1, 0.15) is 11.7 Å². The lowest BCUT2D eigenvalue weighted by molar-refractivity contribution is -0.136. The summed E-state index contributed by atoms with van der Waals surface area (Å²) in [5.41, 5.74) is 0. The molecular weight excluding hydrogens is 196 g/mol. The average molecular weight is 204 g/mol. The van der Waals surface area contributed by atoms with Gasteiger partial charge in [-0.15, -0.1) is 0 Å². The minimum Gasteiger partial charge on any atom is -0.469 e.